The van der Waals surface area contributed by atoms with Crippen molar-refractivity contribution in [3.63, 3.8) is 0 Å². The van der Waals surface area contributed by atoms with E-state index in [0.29, 0.717) is 26.1 Å². The van der Waals surface area contributed by atoms with Gasteiger partial charge in [-0.3, -0.25) is 4.79 Å². The summed E-state index contributed by atoms with van der Waals surface area (Å²) in [6.45, 7) is 1.43. The summed E-state index contributed by atoms with van der Waals surface area (Å²) in [4.78, 5) is 13.8. The predicted molar refractivity (Wildman–Crippen MR) is 64.2 cm³/mol. The van der Waals surface area contributed by atoms with Gasteiger partial charge < -0.3 is 15.0 Å². The van der Waals surface area contributed by atoms with Gasteiger partial charge in [-0.15, -0.1) is 0 Å². The molecule has 2 atom stereocenters. The Morgan fingerprint density at radius 3 is 2.44 bits per heavy atom. The van der Waals surface area contributed by atoms with Crippen molar-refractivity contribution in [3.8, 4) is 12.1 Å². The fourth-order valence-corrected chi connectivity index (χ4v) is 1.99. The Labute approximate surface area is 107 Å². The van der Waals surface area contributed by atoms with Crippen LogP contribution < -0.4 is 5.32 Å². The van der Waals surface area contributed by atoms with E-state index in [1.165, 1.54) is 0 Å². The Morgan fingerprint density at radius 1 is 1.39 bits per heavy atom. The number of nitrogens with one attached hydrogen (secondary N) is 1. The average molecular weight is 250 g/mol. The molecule has 18 heavy (non-hydrogen) atoms. The number of nitrogens with zero attached hydrogens (tertiary/aromatic N) is 3. The summed E-state index contributed by atoms with van der Waals surface area (Å²) >= 11 is 0. The van der Waals surface area contributed by atoms with Gasteiger partial charge in [-0.25, -0.2) is 0 Å². The SMILES string of the molecule is COC1CNC(C(=O)N(CCC#N)CCC#N)C1. The first-order chi connectivity index (χ1) is 8.72. The minimum Gasteiger partial charge on any atom is -0.380 e. The van der Waals surface area contributed by atoms with Crippen molar-refractivity contribution in [1.29, 1.82) is 10.5 Å². The Hall–Kier alpha value is -1.63. The molecule has 6 nitrogen and oxygen atoms in total. The van der Waals surface area contributed by atoms with Crippen molar-refractivity contribution < 1.29 is 9.53 Å². The van der Waals surface area contributed by atoms with Gasteiger partial charge >= 0.3 is 0 Å². The molecule has 0 aromatic heterocycles. The van der Waals surface area contributed by atoms with Crippen LogP contribution in [0, 0.1) is 22.7 Å². The van der Waals surface area contributed by atoms with Gasteiger partial charge in [0.1, 0.15) is 0 Å². The third-order valence-corrected chi connectivity index (χ3v) is 3.02. The van der Waals surface area contributed by atoms with Crippen LogP contribution >= 0.6 is 0 Å². The third kappa shape index (κ3) is 3.99. The molecule has 1 rings (SSSR count). The molecule has 1 amide bonds. The lowest BCUT2D eigenvalue weighted by Crippen LogP contribution is -2.44. The zero-order chi connectivity index (χ0) is 13.4. The van der Waals surface area contributed by atoms with Gasteiger partial charge in [0.25, 0.3) is 0 Å². The van der Waals surface area contributed by atoms with Gasteiger partial charge in [-0.05, 0) is 6.42 Å². The molecule has 1 heterocycles. The van der Waals surface area contributed by atoms with Crippen molar-refractivity contribution in [1.82, 2.24) is 10.2 Å². The van der Waals surface area contributed by atoms with E-state index >= 15 is 0 Å². The highest BCUT2D eigenvalue weighted by molar-refractivity contribution is 5.82. The van der Waals surface area contributed by atoms with Crippen LogP contribution in [0.15, 0.2) is 0 Å². The molecule has 0 aliphatic carbocycles. The fourth-order valence-electron chi connectivity index (χ4n) is 1.99. The van der Waals surface area contributed by atoms with Gasteiger partial charge in [0, 0.05) is 26.7 Å². The molecule has 2 unspecified atom stereocenters. The molecule has 1 N–H and O–H groups in total. The molecule has 6 heteroatoms. The summed E-state index contributed by atoms with van der Waals surface area (Å²) in [7, 11) is 1.63. The van der Waals surface area contributed by atoms with Crippen LogP contribution in [0.1, 0.15) is 19.3 Å². The molecule has 98 valence electrons. The summed E-state index contributed by atoms with van der Waals surface area (Å²) in [5, 5.41) is 20.3. The quantitative estimate of drug-likeness (QED) is 0.717. The van der Waals surface area contributed by atoms with E-state index in [9.17, 15) is 4.79 Å². The topological polar surface area (TPSA) is 89.2 Å². The van der Waals surface area contributed by atoms with E-state index in [1.807, 2.05) is 12.1 Å². The smallest absolute Gasteiger partial charge is 0.239 e. The molecule has 1 saturated heterocycles. The van der Waals surface area contributed by atoms with Crippen LogP contribution in [0.4, 0.5) is 0 Å². The summed E-state index contributed by atoms with van der Waals surface area (Å²) in [5.74, 6) is -0.0416. The maximum absolute atomic E-state index is 12.2. The number of amides is 1. The van der Waals surface area contributed by atoms with Gasteiger partial charge in [0.15, 0.2) is 0 Å². The Morgan fingerprint density at radius 2 is 2.00 bits per heavy atom. The lowest BCUT2D eigenvalue weighted by molar-refractivity contribution is -0.133. The number of hydrogen-bond acceptors (Lipinski definition) is 5. The van der Waals surface area contributed by atoms with Crippen molar-refractivity contribution in [2.45, 2.75) is 31.4 Å². The number of hydrogen-bond donors (Lipinski definition) is 1. The van der Waals surface area contributed by atoms with E-state index in [2.05, 4.69) is 5.32 Å². The molecule has 0 spiro atoms. The number of ether oxygens (including phenoxy) is 1. The van der Waals surface area contributed by atoms with Crippen LogP contribution in [-0.2, 0) is 9.53 Å². The normalized spacial score (nSPS) is 22.2. The van der Waals surface area contributed by atoms with Crippen molar-refractivity contribution >= 4 is 5.91 Å². The first kappa shape index (κ1) is 14.4. The lowest BCUT2D eigenvalue weighted by Gasteiger charge is -2.23. The first-order valence-corrected chi connectivity index (χ1v) is 6.01. The highest BCUT2D eigenvalue weighted by Gasteiger charge is 2.31. The molecule has 0 radical (unpaired) electrons. The first-order valence-electron chi connectivity index (χ1n) is 6.01. The van der Waals surface area contributed by atoms with Crippen molar-refractivity contribution in [2.75, 3.05) is 26.7 Å². The van der Waals surface area contributed by atoms with Gasteiger partial charge in [0.2, 0.25) is 5.91 Å². The molecule has 0 aromatic carbocycles. The third-order valence-electron chi connectivity index (χ3n) is 3.02. The monoisotopic (exact) mass is 250 g/mol. The van der Waals surface area contributed by atoms with Crippen LogP contribution in [0.3, 0.4) is 0 Å². The summed E-state index contributed by atoms with van der Waals surface area (Å²) in [6.07, 6.45) is 1.29. The maximum Gasteiger partial charge on any atom is 0.239 e. The highest BCUT2D eigenvalue weighted by atomic mass is 16.5. The molecule has 1 aliphatic rings. The molecule has 0 saturated carbocycles. The fraction of sp³-hybridized carbons (Fsp3) is 0.750. The number of nitriles is 2. The zero-order valence-corrected chi connectivity index (χ0v) is 10.6. The number of methoxy groups -OCH3 is 1. The second-order valence-electron chi connectivity index (χ2n) is 4.20. The van der Waals surface area contributed by atoms with Crippen LogP contribution in [0.2, 0.25) is 0 Å². The lowest BCUT2D eigenvalue weighted by atomic mass is 10.1. The minimum absolute atomic E-state index is 0.0416. The van der Waals surface area contributed by atoms with E-state index in [4.69, 9.17) is 15.3 Å². The number of rotatable bonds is 6. The van der Waals surface area contributed by atoms with Crippen molar-refractivity contribution in [3.05, 3.63) is 0 Å². The highest BCUT2D eigenvalue weighted by Crippen LogP contribution is 2.12. The Balaban J connectivity index is 2.53. The number of carbonyl (C=O) groups excluding carboxylic acids is 1. The minimum atomic E-state index is -0.257. The Kier molecular flexibility index (Phi) is 6.13. The van der Waals surface area contributed by atoms with E-state index in [0.717, 1.165) is 0 Å². The van der Waals surface area contributed by atoms with Crippen molar-refractivity contribution in [2.24, 2.45) is 0 Å². The van der Waals surface area contributed by atoms with Gasteiger partial charge in [0.05, 0.1) is 37.1 Å². The average Bonchev–Trinajstić information content (AvgIpc) is 2.87. The maximum atomic E-state index is 12.2. The standard InChI is InChI=1S/C12H18N4O2/c1-18-10-8-11(15-9-10)12(17)16(6-2-4-13)7-3-5-14/h10-11,15H,2-3,6-9H2,1H3. The van der Waals surface area contributed by atoms with E-state index in [1.54, 1.807) is 12.0 Å². The van der Waals surface area contributed by atoms with E-state index < -0.39 is 0 Å². The second kappa shape index (κ2) is 7.65. The number of carbonyl (C=O) groups is 1. The predicted octanol–water partition coefficient (Wildman–Crippen LogP) is 0.0193. The summed E-state index contributed by atoms with van der Waals surface area (Å²) in [5.41, 5.74) is 0. The molecular weight excluding hydrogens is 232 g/mol. The molecule has 1 fully saturated rings. The van der Waals surface area contributed by atoms with E-state index in [-0.39, 0.29) is 30.9 Å². The molecule has 1 aliphatic heterocycles. The summed E-state index contributed by atoms with van der Waals surface area (Å²) < 4.78 is 5.20. The summed E-state index contributed by atoms with van der Waals surface area (Å²) in [6, 6.07) is 3.78. The van der Waals surface area contributed by atoms with Gasteiger partial charge in [-0.2, -0.15) is 10.5 Å². The van der Waals surface area contributed by atoms with Crippen LogP contribution in [0.25, 0.3) is 0 Å². The molecule has 0 aromatic rings. The largest absolute Gasteiger partial charge is 0.380 e. The molecular formula is C12H18N4O2. The van der Waals surface area contributed by atoms with Gasteiger partial charge in [-0.1, -0.05) is 0 Å². The van der Waals surface area contributed by atoms with Crippen LogP contribution in [0.5, 0.6) is 0 Å². The second-order valence-corrected chi connectivity index (χ2v) is 4.20. The molecule has 0 bridgehead atoms. The van der Waals surface area contributed by atoms with Crippen LogP contribution in [-0.4, -0.2) is 49.7 Å². The zero-order valence-electron chi connectivity index (χ0n) is 10.6. The Bertz CT molecular complexity index is 340.